The summed E-state index contributed by atoms with van der Waals surface area (Å²) in [5, 5.41) is 11.6. The summed E-state index contributed by atoms with van der Waals surface area (Å²) in [6.45, 7) is 6.71. The Balaban J connectivity index is 1.61. The minimum atomic E-state index is -0.877. The molecule has 9 heteroatoms. The number of carbonyl (C=O) groups is 2. The molecule has 9 nitrogen and oxygen atoms in total. The van der Waals surface area contributed by atoms with Gasteiger partial charge in [-0.2, -0.15) is 0 Å². The summed E-state index contributed by atoms with van der Waals surface area (Å²) in [4.78, 5) is 32.8. The van der Waals surface area contributed by atoms with Crippen molar-refractivity contribution in [1.82, 2.24) is 14.3 Å². The number of nitrogens with zero attached hydrogens (tertiary/aromatic N) is 3. The summed E-state index contributed by atoms with van der Waals surface area (Å²) in [5.74, 6) is -0.818. The van der Waals surface area contributed by atoms with E-state index in [0.717, 1.165) is 11.1 Å². The number of benzene rings is 2. The Morgan fingerprint density at radius 1 is 1.00 bits per heavy atom. The highest BCUT2D eigenvalue weighted by molar-refractivity contribution is 6.46. The normalized spacial score (nSPS) is 16.5. The maximum atomic E-state index is 13.5. The minimum absolute atomic E-state index is 0.0318. The molecule has 1 N–H and O–H groups in total. The van der Waals surface area contributed by atoms with Crippen LogP contribution in [0.1, 0.15) is 41.0 Å². The van der Waals surface area contributed by atoms with E-state index in [1.165, 1.54) is 12.0 Å². The Labute approximate surface area is 238 Å². The molecule has 0 spiro atoms. The molecule has 5 rings (SSSR count). The van der Waals surface area contributed by atoms with E-state index in [1.807, 2.05) is 73.8 Å². The van der Waals surface area contributed by atoms with Crippen LogP contribution in [0.5, 0.6) is 11.5 Å². The van der Waals surface area contributed by atoms with Crippen LogP contribution in [0.3, 0.4) is 0 Å². The van der Waals surface area contributed by atoms with Gasteiger partial charge >= 0.3 is 0 Å². The number of rotatable bonds is 10. The molecule has 1 saturated heterocycles. The number of aromatic nitrogens is 2. The summed E-state index contributed by atoms with van der Waals surface area (Å²) in [7, 11) is 1.53. The van der Waals surface area contributed by atoms with Crippen molar-refractivity contribution in [2.45, 2.75) is 33.4 Å². The molecule has 0 saturated carbocycles. The standard InChI is InChI=1S/C32H33N3O6/c1-5-40-25-18-23(13-14-24(25)41-19-22-11-7-6-8-12-22)28-26(30(37)32(38)35(28)16-17-39-4)29(36)27-21(3)34-15-9-10-20(2)31(34)33-27/h6-15,18,28,36H,5,16-17,19H2,1-4H3. The number of aliphatic hydroxyl groups excluding tert-OH is 1. The molecule has 4 aromatic rings. The SMILES string of the molecule is CCOc1cc(C2C(=C(O)c3nc4c(C)cccn4c3C)C(=O)C(=O)N2CCOC)ccc1OCc1ccccc1. The van der Waals surface area contributed by atoms with Crippen LogP contribution in [0.25, 0.3) is 11.4 Å². The van der Waals surface area contributed by atoms with Crippen molar-refractivity contribution >= 4 is 23.1 Å². The van der Waals surface area contributed by atoms with E-state index >= 15 is 0 Å². The predicted molar refractivity (Wildman–Crippen MR) is 154 cm³/mol. The van der Waals surface area contributed by atoms with Crippen LogP contribution in [0.2, 0.25) is 0 Å². The first-order chi connectivity index (χ1) is 19.8. The average molecular weight is 556 g/mol. The van der Waals surface area contributed by atoms with Gasteiger partial charge in [0.05, 0.1) is 30.5 Å². The molecule has 2 aromatic carbocycles. The van der Waals surface area contributed by atoms with Gasteiger partial charge in [0.15, 0.2) is 17.3 Å². The number of fused-ring (bicyclic) bond motifs is 1. The number of pyridine rings is 1. The number of aliphatic hydroxyl groups is 1. The van der Waals surface area contributed by atoms with Crippen molar-refractivity contribution in [1.29, 1.82) is 0 Å². The van der Waals surface area contributed by atoms with Gasteiger partial charge in [-0.15, -0.1) is 0 Å². The number of amides is 1. The maximum Gasteiger partial charge on any atom is 0.295 e. The van der Waals surface area contributed by atoms with E-state index in [1.54, 1.807) is 18.2 Å². The summed E-state index contributed by atoms with van der Waals surface area (Å²) >= 11 is 0. The van der Waals surface area contributed by atoms with Crippen molar-refractivity contribution in [2.75, 3.05) is 26.9 Å². The zero-order valence-corrected chi connectivity index (χ0v) is 23.6. The molecule has 1 aliphatic heterocycles. The molecule has 1 fully saturated rings. The Kier molecular flexibility index (Phi) is 8.07. The van der Waals surface area contributed by atoms with Crippen molar-refractivity contribution in [3.8, 4) is 11.5 Å². The van der Waals surface area contributed by atoms with Crippen molar-refractivity contribution < 1.29 is 28.9 Å². The number of carbonyl (C=O) groups excluding carboxylic acids is 2. The van der Waals surface area contributed by atoms with E-state index in [2.05, 4.69) is 4.98 Å². The van der Waals surface area contributed by atoms with E-state index in [-0.39, 0.29) is 30.2 Å². The Hall–Kier alpha value is -4.63. The highest BCUT2D eigenvalue weighted by Crippen LogP contribution is 2.42. The Bertz CT molecular complexity index is 1630. The zero-order valence-electron chi connectivity index (χ0n) is 23.6. The van der Waals surface area contributed by atoms with Gasteiger partial charge in [-0.1, -0.05) is 42.5 Å². The molecule has 1 unspecified atom stereocenters. The molecular formula is C32H33N3O6. The smallest absolute Gasteiger partial charge is 0.295 e. The number of ether oxygens (including phenoxy) is 3. The first-order valence-corrected chi connectivity index (χ1v) is 13.5. The predicted octanol–water partition coefficient (Wildman–Crippen LogP) is 5.00. The largest absolute Gasteiger partial charge is 0.505 e. The molecule has 2 aromatic heterocycles. The van der Waals surface area contributed by atoms with Crippen molar-refractivity contribution in [2.24, 2.45) is 0 Å². The van der Waals surface area contributed by atoms with E-state index in [4.69, 9.17) is 14.2 Å². The molecule has 0 radical (unpaired) electrons. The highest BCUT2D eigenvalue weighted by Gasteiger charge is 2.46. The number of aryl methyl sites for hydroxylation is 2. The summed E-state index contributed by atoms with van der Waals surface area (Å²) in [6.07, 6.45) is 1.85. The number of methoxy groups -OCH3 is 1. The lowest BCUT2D eigenvalue weighted by atomic mass is 9.96. The average Bonchev–Trinajstić information content (AvgIpc) is 3.45. The maximum absolute atomic E-state index is 13.5. The Morgan fingerprint density at radius 2 is 1.78 bits per heavy atom. The minimum Gasteiger partial charge on any atom is -0.505 e. The van der Waals surface area contributed by atoms with Crippen molar-refractivity contribution in [3.05, 3.63) is 101 Å². The fourth-order valence-corrected chi connectivity index (χ4v) is 5.14. The lowest BCUT2D eigenvalue weighted by Gasteiger charge is -2.25. The fourth-order valence-electron chi connectivity index (χ4n) is 5.14. The van der Waals surface area contributed by atoms with Gasteiger partial charge in [-0.05, 0) is 55.7 Å². The third kappa shape index (κ3) is 5.28. The van der Waals surface area contributed by atoms with Crippen LogP contribution in [0.4, 0.5) is 0 Å². The molecule has 1 aliphatic rings. The second-order valence-corrected chi connectivity index (χ2v) is 9.83. The molecule has 3 heterocycles. The van der Waals surface area contributed by atoms with Gasteiger partial charge in [0.25, 0.3) is 11.7 Å². The van der Waals surface area contributed by atoms with Crippen LogP contribution < -0.4 is 9.47 Å². The quantitative estimate of drug-likeness (QED) is 0.167. The molecule has 1 amide bonds. The lowest BCUT2D eigenvalue weighted by molar-refractivity contribution is -0.140. The number of imidazole rings is 1. The molecule has 1 atom stereocenters. The van der Waals surface area contributed by atoms with Gasteiger partial charge in [0.1, 0.15) is 17.9 Å². The van der Waals surface area contributed by atoms with Gasteiger partial charge in [-0.25, -0.2) is 4.98 Å². The molecule has 0 aliphatic carbocycles. The molecule has 212 valence electrons. The fraction of sp³-hybridized carbons (Fsp3) is 0.281. The zero-order chi connectivity index (χ0) is 29.1. The third-order valence-corrected chi connectivity index (χ3v) is 7.21. The topological polar surface area (TPSA) is 103 Å². The summed E-state index contributed by atoms with van der Waals surface area (Å²) < 4.78 is 19.1. The van der Waals surface area contributed by atoms with Crippen molar-refractivity contribution in [3.63, 3.8) is 0 Å². The lowest BCUT2D eigenvalue weighted by Crippen LogP contribution is -2.32. The van der Waals surface area contributed by atoms with E-state index < -0.39 is 17.7 Å². The van der Waals surface area contributed by atoms with Crippen LogP contribution in [0.15, 0.2) is 72.4 Å². The second kappa shape index (κ2) is 11.9. The molecular weight excluding hydrogens is 522 g/mol. The number of Topliss-reactive ketones (excluding diaryl/α,β-unsaturated/α-hetero) is 1. The number of hydrogen-bond donors (Lipinski definition) is 1. The second-order valence-electron chi connectivity index (χ2n) is 9.83. The number of likely N-dealkylation sites (tertiary alicyclic amines) is 1. The third-order valence-electron chi connectivity index (χ3n) is 7.21. The summed E-state index contributed by atoms with van der Waals surface area (Å²) in [5.41, 5.74) is 4.05. The van der Waals surface area contributed by atoms with Crippen LogP contribution in [-0.4, -0.2) is 57.9 Å². The summed E-state index contributed by atoms with van der Waals surface area (Å²) in [6, 6.07) is 18.0. The van der Waals surface area contributed by atoms with Gasteiger partial charge < -0.3 is 28.6 Å². The Morgan fingerprint density at radius 3 is 2.49 bits per heavy atom. The first kappa shape index (κ1) is 27.9. The van der Waals surface area contributed by atoms with Gasteiger partial charge in [0.2, 0.25) is 0 Å². The van der Waals surface area contributed by atoms with Crippen LogP contribution in [0, 0.1) is 13.8 Å². The van der Waals surface area contributed by atoms with E-state index in [0.29, 0.717) is 41.6 Å². The monoisotopic (exact) mass is 555 g/mol. The van der Waals surface area contributed by atoms with E-state index in [9.17, 15) is 14.7 Å². The molecule has 41 heavy (non-hydrogen) atoms. The first-order valence-electron chi connectivity index (χ1n) is 13.5. The number of hydrogen-bond acceptors (Lipinski definition) is 7. The van der Waals surface area contributed by atoms with Gasteiger partial charge in [0, 0.05) is 19.9 Å². The molecule has 0 bridgehead atoms. The van der Waals surface area contributed by atoms with Crippen LogP contribution >= 0.6 is 0 Å². The van der Waals surface area contributed by atoms with Crippen LogP contribution in [-0.2, 0) is 20.9 Å². The number of ketones is 1. The van der Waals surface area contributed by atoms with Gasteiger partial charge in [-0.3, -0.25) is 9.59 Å². The highest BCUT2D eigenvalue weighted by atomic mass is 16.5.